The van der Waals surface area contributed by atoms with Crippen LogP contribution in [-0.4, -0.2) is 18.8 Å². The first-order valence-corrected chi connectivity index (χ1v) is 4.34. The third-order valence-electron chi connectivity index (χ3n) is 1.92. The van der Waals surface area contributed by atoms with Crippen LogP contribution in [0.1, 0.15) is 26.7 Å². The molecule has 1 saturated heterocycles. The van der Waals surface area contributed by atoms with Crippen LogP contribution in [0.15, 0.2) is 12.2 Å². The van der Waals surface area contributed by atoms with Crippen molar-refractivity contribution < 1.29 is 0 Å². The van der Waals surface area contributed by atoms with E-state index in [1.165, 1.54) is 12.0 Å². The smallest absolute Gasteiger partial charge is 0.0579 e. The second-order valence-corrected chi connectivity index (χ2v) is 3.54. The second-order valence-electron chi connectivity index (χ2n) is 3.54. The Bertz CT molecular complexity index is 130. The van der Waals surface area contributed by atoms with E-state index in [-0.39, 0.29) is 0 Å². The third-order valence-corrected chi connectivity index (χ3v) is 1.92. The maximum atomic E-state index is 3.94. The van der Waals surface area contributed by atoms with E-state index < -0.39 is 0 Å². The van der Waals surface area contributed by atoms with E-state index >= 15 is 0 Å². The standard InChI is InChI=1S/C9H18N2/c1-7(2)11-9-5-4-8(3)6-10-9/h7,9-11H,3-6H2,1-2H3. The van der Waals surface area contributed by atoms with E-state index in [4.69, 9.17) is 0 Å². The molecule has 1 aliphatic heterocycles. The van der Waals surface area contributed by atoms with Gasteiger partial charge in [-0.3, -0.25) is 10.6 Å². The number of hydrogen-bond acceptors (Lipinski definition) is 2. The average molecular weight is 154 g/mol. The Balaban J connectivity index is 2.22. The van der Waals surface area contributed by atoms with Gasteiger partial charge in [0.2, 0.25) is 0 Å². The first-order valence-electron chi connectivity index (χ1n) is 4.34. The number of rotatable bonds is 2. The fourth-order valence-corrected chi connectivity index (χ4v) is 1.35. The molecule has 0 aromatic heterocycles. The Morgan fingerprint density at radius 1 is 1.64 bits per heavy atom. The molecule has 1 rings (SSSR count). The lowest BCUT2D eigenvalue weighted by molar-refractivity contribution is 0.357. The highest BCUT2D eigenvalue weighted by molar-refractivity contribution is 5.01. The summed E-state index contributed by atoms with van der Waals surface area (Å²) in [5.74, 6) is 0. The summed E-state index contributed by atoms with van der Waals surface area (Å²) >= 11 is 0. The molecule has 1 atom stereocenters. The zero-order valence-electron chi connectivity index (χ0n) is 7.48. The zero-order chi connectivity index (χ0) is 8.27. The highest BCUT2D eigenvalue weighted by Gasteiger charge is 2.13. The van der Waals surface area contributed by atoms with Crippen molar-refractivity contribution in [3.63, 3.8) is 0 Å². The van der Waals surface area contributed by atoms with Crippen LogP contribution < -0.4 is 10.6 Å². The van der Waals surface area contributed by atoms with E-state index in [1.807, 2.05) is 0 Å². The highest BCUT2D eigenvalue weighted by atomic mass is 15.1. The molecule has 0 aliphatic carbocycles. The molecule has 0 radical (unpaired) electrons. The fraction of sp³-hybridized carbons (Fsp3) is 0.778. The van der Waals surface area contributed by atoms with Crippen LogP contribution in [0.3, 0.4) is 0 Å². The van der Waals surface area contributed by atoms with Crippen LogP contribution in [0.25, 0.3) is 0 Å². The van der Waals surface area contributed by atoms with Gasteiger partial charge in [0.25, 0.3) is 0 Å². The van der Waals surface area contributed by atoms with Crippen molar-refractivity contribution >= 4 is 0 Å². The maximum Gasteiger partial charge on any atom is 0.0579 e. The van der Waals surface area contributed by atoms with Gasteiger partial charge in [0, 0.05) is 12.6 Å². The lowest BCUT2D eigenvalue weighted by atomic mass is 10.1. The van der Waals surface area contributed by atoms with Gasteiger partial charge in [0.1, 0.15) is 0 Å². The minimum Gasteiger partial charge on any atom is -0.300 e. The van der Waals surface area contributed by atoms with Gasteiger partial charge in [0.05, 0.1) is 6.17 Å². The molecule has 1 unspecified atom stereocenters. The van der Waals surface area contributed by atoms with Crippen molar-refractivity contribution in [1.82, 2.24) is 10.6 Å². The summed E-state index contributed by atoms with van der Waals surface area (Å²) in [5, 5.41) is 6.84. The fourth-order valence-electron chi connectivity index (χ4n) is 1.35. The molecule has 0 aromatic rings. The van der Waals surface area contributed by atoms with Gasteiger partial charge in [-0.1, -0.05) is 12.2 Å². The molecule has 2 heteroatoms. The van der Waals surface area contributed by atoms with Gasteiger partial charge < -0.3 is 0 Å². The number of nitrogens with one attached hydrogen (secondary N) is 2. The predicted molar refractivity (Wildman–Crippen MR) is 48.4 cm³/mol. The van der Waals surface area contributed by atoms with Crippen molar-refractivity contribution in [2.24, 2.45) is 0 Å². The first kappa shape index (κ1) is 8.75. The van der Waals surface area contributed by atoms with Crippen molar-refractivity contribution in [2.45, 2.75) is 38.9 Å². The molecule has 1 aliphatic rings. The monoisotopic (exact) mass is 154 g/mol. The van der Waals surface area contributed by atoms with Crippen molar-refractivity contribution in [1.29, 1.82) is 0 Å². The maximum absolute atomic E-state index is 3.94. The quantitative estimate of drug-likeness (QED) is 0.585. The molecule has 0 bridgehead atoms. The van der Waals surface area contributed by atoms with Gasteiger partial charge in [0.15, 0.2) is 0 Å². The van der Waals surface area contributed by atoms with E-state index in [1.54, 1.807) is 0 Å². The lowest BCUT2D eigenvalue weighted by Crippen LogP contribution is -2.48. The topological polar surface area (TPSA) is 24.1 Å². The van der Waals surface area contributed by atoms with Gasteiger partial charge in [-0.05, 0) is 26.7 Å². The molecule has 2 nitrogen and oxygen atoms in total. The number of piperidine rings is 1. The Morgan fingerprint density at radius 3 is 2.82 bits per heavy atom. The molecule has 11 heavy (non-hydrogen) atoms. The van der Waals surface area contributed by atoms with E-state index in [0.29, 0.717) is 12.2 Å². The van der Waals surface area contributed by atoms with Crippen LogP contribution in [-0.2, 0) is 0 Å². The Labute approximate surface area is 69.1 Å². The van der Waals surface area contributed by atoms with Crippen LogP contribution in [0.5, 0.6) is 0 Å². The minimum absolute atomic E-state index is 0.500. The molecule has 0 aromatic carbocycles. The summed E-state index contributed by atoms with van der Waals surface area (Å²) in [6.07, 6.45) is 2.84. The molecule has 64 valence electrons. The average Bonchev–Trinajstić information content (AvgIpc) is 1.93. The van der Waals surface area contributed by atoms with Gasteiger partial charge >= 0.3 is 0 Å². The molecule has 0 saturated carbocycles. The molecular formula is C9H18N2. The van der Waals surface area contributed by atoms with Gasteiger partial charge in [-0.15, -0.1) is 0 Å². The van der Waals surface area contributed by atoms with Crippen molar-refractivity contribution in [2.75, 3.05) is 6.54 Å². The van der Waals surface area contributed by atoms with Crippen molar-refractivity contribution in [3.8, 4) is 0 Å². The molecule has 2 N–H and O–H groups in total. The van der Waals surface area contributed by atoms with Crippen LogP contribution in [0.2, 0.25) is 0 Å². The molecule has 0 spiro atoms. The summed E-state index contributed by atoms with van der Waals surface area (Å²) in [4.78, 5) is 0. The summed E-state index contributed by atoms with van der Waals surface area (Å²) in [5.41, 5.74) is 1.33. The van der Waals surface area contributed by atoms with E-state index in [0.717, 1.165) is 13.0 Å². The number of hydrogen-bond donors (Lipinski definition) is 2. The zero-order valence-corrected chi connectivity index (χ0v) is 7.48. The lowest BCUT2D eigenvalue weighted by Gasteiger charge is -2.27. The van der Waals surface area contributed by atoms with E-state index in [2.05, 4.69) is 31.1 Å². The van der Waals surface area contributed by atoms with Crippen LogP contribution in [0, 0.1) is 0 Å². The normalized spacial score (nSPS) is 26.1. The highest BCUT2D eigenvalue weighted by Crippen LogP contribution is 2.09. The van der Waals surface area contributed by atoms with E-state index in [9.17, 15) is 0 Å². The Kier molecular flexibility index (Phi) is 3.09. The third kappa shape index (κ3) is 3.04. The van der Waals surface area contributed by atoms with Crippen LogP contribution in [0.4, 0.5) is 0 Å². The summed E-state index contributed by atoms with van der Waals surface area (Å²) in [6, 6.07) is 0.568. The second kappa shape index (κ2) is 3.88. The summed E-state index contributed by atoms with van der Waals surface area (Å²) in [6.45, 7) is 9.26. The largest absolute Gasteiger partial charge is 0.300 e. The molecule has 1 fully saturated rings. The van der Waals surface area contributed by atoms with Crippen molar-refractivity contribution in [3.05, 3.63) is 12.2 Å². The Hall–Kier alpha value is -0.340. The first-order chi connectivity index (χ1) is 5.18. The Morgan fingerprint density at radius 2 is 2.36 bits per heavy atom. The summed E-state index contributed by atoms with van der Waals surface area (Å²) in [7, 11) is 0. The predicted octanol–water partition coefficient (Wildman–Crippen LogP) is 1.25. The van der Waals surface area contributed by atoms with Gasteiger partial charge in [-0.25, -0.2) is 0 Å². The molecule has 0 amide bonds. The SMILES string of the molecule is C=C1CCC(NC(C)C)NC1. The molecule has 1 heterocycles. The molecular weight excluding hydrogens is 136 g/mol. The van der Waals surface area contributed by atoms with Crippen LogP contribution >= 0.6 is 0 Å². The minimum atomic E-state index is 0.500. The summed E-state index contributed by atoms with van der Waals surface area (Å²) < 4.78 is 0. The van der Waals surface area contributed by atoms with Gasteiger partial charge in [-0.2, -0.15) is 0 Å².